The van der Waals surface area contributed by atoms with Crippen LogP contribution in [0.15, 0.2) is 30.0 Å². The van der Waals surface area contributed by atoms with Gasteiger partial charge in [0.1, 0.15) is 17.8 Å². The number of nitrogens with one attached hydrogen (secondary N) is 2. The number of aryl methyl sites for hydroxylation is 1. The van der Waals surface area contributed by atoms with Crippen LogP contribution in [0.3, 0.4) is 0 Å². The molecule has 1 unspecified atom stereocenters. The highest BCUT2D eigenvalue weighted by Gasteiger charge is 2.37. The number of carbonyl (C=O) groups is 4. The summed E-state index contributed by atoms with van der Waals surface area (Å²) in [6.45, 7) is 3.73. The molecule has 32 heavy (non-hydrogen) atoms. The van der Waals surface area contributed by atoms with E-state index in [9.17, 15) is 19.2 Å². The van der Waals surface area contributed by atoms with Gasteiger partial charge >= 0.3 is 5.97 Å². The lowest BCUT2D eigenvalue weighted by Crippen LogP contribution is -2.59. The van der Waals surface area contributed by atoms with E-state index in [0.717, 1.165) is 43.2 Å². The van der Waals surface area contributed by atoms with Gasteiger partial charge in [0.15, 0.2) is 0 Å². The third-order valence-electron chi connectivity index (χ3n) is 5.83. The molecular weight excluding hydrogens is 410 g/mol. The predicted molar refractivity (Wildman–Crippen MR) is 119 cm³/mol. The molecule has 2 N–H and O–H groups in total. The van der Waals surface area contributed by atoms with E-state index in [-0.39, 0.29) is 31.3 Å². The summed E-state index contributed by atoms with van der Waals surface area (Å²) in [7, 11) is 0. The minimum Gasteiger partial charge on any atom is -0.462 e. The molecule has 1 atom stereocenters. The van der Waals surface area contributed by atoms with Crippen LogP contribution in [0.4, 0.5) is 0 Å². The average Bonchev–Trinajstić information content (AvgIpc) is 2.76. The summed E-state index contributed by atoms with van der Waals surface area (Å²) in [6, 6.07) is 6.48. The van der Waals surface area contributed by atoms with Gasteiger partial charge in [-0.2, -0.15) is 0 Å². The highest BCUT2D eigenvalue weighted by atomic mass is 16.5. The molecule has 1 aliphatic heterocycles. The largest absolute Gasteiger partial charge is 0.462 e. The highest BCUT2D eigenvalue weighted by Crippen LogP contribution is 2.22. The van der Waals surface area contributed by atoms with Crippen LogP contribution in [-0.4, -0.2) is 53.8 Å². The maximum atomic E-state index is 13.4. The molecule has 172 valence electrons. The summed E-state index contributed by atoms with van der Waals surface area (Å²) in [5, 5.41) is 5.31. The van der Waals surface area contributed by atoms with E-state index in [1.165, 1.54) is 11.8 Å². The van der Waals surface area contributed by atoms with Gasteiger partial charge in [0.2, 0.25) is 11.8 Å². The normalized spacial score (nSPS) is 19.8. The lowest BCUT2D eigenvalue weighted by molar-refractivity contribution is -0.156. The fraction of sp³-hybridized carbons (Fsp3) is 0.500. The zero-order valence-electron chi connectivity index (χ0n) is 18.7. The average molecular weight is 442 g/mol. The van der Waals surface area contributed by atoms with Gasteiger partial charge in [-0.25, -0.2) is 0 Å². The molecule has 0 radical (unpaired) electrons. The summed E-state index contributed by atoms with van der Waals surface area (Å²) >= 11 is 0. The fourth-order valence-corrected chi connectivity index (χ4v) is 4.14. The van der Waals surface area contributed by atoms with Crippen LogP contribution in [0.25, 0.3) is 6.08 Å². The molecule has 3 amide bonds. The molecule has 8 heteroatoms. The number of esters is 1. The fourth-order valence-electron chi connectivity index (χ4n) is 4.14. The summed E-state index contributed by atoms with van der Waals surface area (Å²) in [5.74, 6) is -1.79. The van der Waals surface area contributed by atoms with Crippen molar-refractivity contribution in [1.29, 1.82) is 0 Å². The highest BCUT2D eigenvalue weighted by molar-refractivity contribution is 6.03. The minimum atomic E-state index is -0.985. The molecule has 1 aromatic rings. The molecule has 1 aliphatic carbocycles. The number of piperazine rings is 1. The Morgan fingerprint density at radius 3 is 2.59 bits per heavy atom. The first kappa shape index (κ1) is 23.5. The zero-order valence-corrected chi connectivity index (χ0v) is 18.7. The molecule has 3 rings (SSSR count). The van der Waals surface area contributed by atoms with E-state index in [4.69, 9.17) is 4.74 Å². The molecule has 0 bridgehead atoms. The van der Waals surface area contributed by atoms with Gasteiger partial charge in [-0.1, -0.05) is 30.7 Å². The lowest BCUT2D eigenvalue weighted by Gasteiger charge is -2.35. The number of hydrogen-bond donors (Lipinski definition) is 2. The lowest BCUT2D eigenvalue weighted by atomic mass is 9.98. The maximum absolute atomic E-state index is 13.4. The SMILES string of the molecule is CC(=O)N/C(=C/c1ccccc1C)C(=O)N1CCNC(=O)C1CC(=O)OC1CCCCC1. The quantitative estimate of drug-likeness (QED) is 0.519. The smallest absolute Gasteiger partial charge is 0.308 e. The van der Waals surface area contributed by atoms with Crippen molar-refractivity contribution in [3.05, 3.63) is 41.1 Å². The Labute approximate surface area is 188 Å². The predicted octanol–water partition coefficient (Wildman–Crippen LogP) is 2.07. The van der Waals surface area contributed by atoms with E-state index in [2.05, 4.69) is 10.6 Å². The first-order chi connectivity index (χ1) is 15.3. The van der Waals surface area contributed by atoms with E-state index in [0.29, 0.717) is 0 Å². The van der Waals surface area contributed by atoms with Crippen LogP contribution >= 0.6 is 0 Å². The molecule has 0 aromatic heterocycles. The number of benzene rings is 1. The van der Waals surface area contributed by atoms with E-state index in [1.807, 2.05) is 31.2 Å². The second-order valence-corrected chi connectivity index (χ2v) is 8.36. The molecule has 1 aromatic carbocycles. The van der Waals surface area contributed by atoms with Crippen molar-refractivity contribution in [3.8, 4) is 0 Å². The van der Waals surface area contributed by atoms with Gasteiger partial charge in [-0.3, -0.25) is 19.2 Å². The Hall–Kier alpha value is -3.16. The van der Waals surface area contributed by atoms with Crippen molar-refractivity contribution in [3.63, 3.8) is 0 Å². The number of hydrogen-bond acceptors (Lipinski definition) is 5. The number of ether oxygens (including phenoxy) is 1. The Kier molecular flexibility index (Phi) is 8.03. The first-order valence-corrected chi connectivity index (χ1v) is 11.2. The monoisotopic (exact) mass is 441 g/mol. The Morgan fingerprint density at radius 2 is 1.91 bits per heavy atom. The summed E-state index contributed by atoms with van der Waals surface area (Å²) in [4.78, 5) is 51.6. The summed E-state index contributed by atoms with van der Waals surface area (Å²) in [6.07, 6.45) is 6.11. The van der Waals surface area contributed by atoms with Crippen molar-refractivity contribution in [1.82, 2.24) is 15.5 Å². The molecule has 1 saturated carbocycles. The van der Waals surface area contributed by atoms with E-state index in [1.54, 1.807) is 6.08 Å². The molecule has 2 fully saturated rings. The van der Waals surface area contributed by atoms with Crippen molar-refractivity contribution < 1.29 is 23.9 Å². The van der Waals surface area contributed by atoms with Crippen LogP contribution in [0, 0.1) is 6.92 Å². The summed E-state index contributed by atoms with van der Waals surface area (Å²) in [5.41, 5.74) is 1.78. The minimum absolute atomic E-state index is 0.0622. The van der Waals surface area contributed by atoms with Gasteiger partial charge in [-0.15, -0.1) is 0 Å². The summed E-state index contributed by atoms with van der Waals surface area (Å²) < 4.78 is 5.57. The van der Waals surface area contributed by atoms with Crippen LogP contribution in [0.5, 0.6) is 0 Å². The molecule has 0 spiro atoms. The van der Waals surface area contributed by atoms with Crippen molar-refractivity contribution >= 4 is 29.8 Å². The number of nitrogens with zero attached hydrogens (tertiary/aromatic N) is 1. The van der Waals surface area contributed by atoms with E-state index >= 15 is 0 Å². The standard InChI is InChI=1S/C24H31N3O5/c1-16-8-6-7-9-18(16)14-20(26-17(2)28)24(31)27-13-12-25-23(30)21(27)15-22(29)32-19-10-4-3-5-11-19/h6-9,14,19,21H,3-5,10-13,15H2,1-2H3,(H,25,30)(H,26,28)/b20-14+. The maximum Gasteiger partial charge on any atom is 0.308 e. The van der Waals surface area contributed by atoms with Crippen LogP contribution in [0.1, 0.15) is 56.6 Å². The van der Waals surface area contributed by atoms with Crippen LogP contribution in [-0.2, 0) is 23.9 Å². The molecule has 1 heterocycles. The van der Waals surface area contributed by atoms with Gasteiger partial charge in [0.25, 0.3) is 5.91 Å². The third kappa shape index (κ3) is 6.18. The number of rotatable bonds is 6. The van der Waals surface area contributed by atoms with Gasteiger partial charge in [0.05, 0.1) is 6.42 Å². The van der Waals surface area contributed by atoms with Crippen molar-refractivity contribution in [2.24, 2.45) is 0 Å². The Bertz CT molecular complexity index is 905. The van der Waals surface area contributed by atoms with Gasteiger partial charge in [0, 0.05) is 20.0 Å². The third-order valence-corrected chi connectivity index (χ3v) is 5.83. The first-order valence-electron chi connectivity index (χ1n) is 11.2. The second kappa shape index (κ2) is 10.9. The van der Waals surface area contributed by atoms with Crippen LogP contribution < -0.4 is 10.6 Å². The van der Waals surface area contributed by atoms with Gasteiger partial charge < -0.3 is 20.3 Å². The van der Waals surface area contributed by atoms with Crippen molar-refractivity contribution in [2.75, 3.05) is 13.1 Å². The molecule has 2 aliphatic rings. The van der Waals surface area contributed by atoms with Crippen molar-refractivity contribution in [2.45, 2.75) is 64.5 Å². The topological polar surface area (TPSA) is 105 Å². The second-order valence-electron chi connectivity index (χ2n) is 8.36. The Morgan fingerprint density at radius 1 is 1.19 bits per heavy atom. The number of carbonyl (C=O) groups excluding carboxylic acids is 4. The van der Waals surface area contributed by atoms with Crippen LogP contribution in [0.2, 0.25) is 0 Å². The molecule has 8 nitrogen and oxygen atoms in total. The van der Waals surface area contributed by atoms with E-state index < -0.39 is 29.7 Å². The Balaban J connectivity index is 1.79. The molecular formula is C24H31N3O5. The molecule has 1 saturated heterocycles. The number of amides is 3. The van der Waals surface area contributed by atoms with Gasteiger partial charge in [-0.05, 0) is 49.8 Å². The zero-order chi connectivity index (χ0) is 23.1.